The van der Waals surface area contributed by atoms with Crippen molar-refractivity contribution in [2.24, 2.45) is 10.8 Å². The van der Waals surface area contributed by atoms with E-state index in [2.05, 4.69) is 53.1 Å². The molecule has 4 N–H and O–H groups in total. The van der Waals surface area contributed by atoms with Crippen LogP contribution >= 0.6 is 31.9 Å². The maximum Gasteiger partial charge on any atom is 0.311 e. The summed E-state index contributed by atoms with van der Waals surface area (Å²) in [4.78, 5) is 71.7. The summed E-state index contributed by atoms with van der Waals surface area (Å²) in [6, 6.07) is -0.0939. The Morgan fingerprint density at radius 3 is 1.18 bits per heavy atom. The molecule has 4 atom stereocenters. The van der Waals surface area contributed by atoms with Crippen LogP contribution in [0.3, 0.4) is 0 Å². The van der Waals surface area contributed by atoms with E-state index in [4.69, 9.17) is 18.9 Å². The lowest BCUT2D eigenvalue weighted by atomic mass is 9.87. The molecule has 0 bridgehead atoms. The van der Waals surface area contributed by atoms with E-state index in [1.807, 2.05) is 27.7 Å². The van der Waals surface area contributed by atoms with Crippen LogP contribution in [0, 0.1) is 10.8 Å². The molecule has 0 aliphatic heterocycles. The second kappa shape index (κ2) is 23.9. The highest BCUT2D eigenvalue weighted by Gasteiger charge is 2.36. The molecule has 0 saturated heterocycles. The zero-order valence-electron chi connectivity index (χ0n) is 30.1. The number of carbonyl (C=O) groups is 6. The number of halogens is 4. The Morgan fingerprint density at radius 2 is 0.880 bits per heavy atom. The lowest BCUT2D eigenvalue weighted by Gasteiger charge is -2.25. The summed E-state index contributed by atoms with van der Waals surface area (Å²) in [6.07, 6.45) is -5.14. The van der Waals surface area contributed by atoms with Gasteiger partial charge in [-0.05, 0) is 68.2 Å². The summed E-state index contributed by atoms with van der Waals surface area (Å²) in [5.41, 5.74) is -1.92. The minimum absolute atomic E-state index is 0.0326. The Hall–Kier alpha value is -2.44. The van der Waals surface area contributed by atoms with Crippen molar-refractivity contribution in [2.75, 3.05) is 52.7 Å². The van der Waals surface area contributed by atoms with Crippen molar-refractivity contribution < 1.29 is 56.5 Å². The summed E-state index contributed by atoms with van der Waals surface area (Å²) in [5.74, 6) is -4.24. The molecule has 0 rings (SSSR count). The van der Waals surface area contributed by atoms with Gasteiger partial charge in [0.15, 0.2) is 0 Å². The lowest BCUT2D eigenvalue weighted by Crippen LogP contribution is -2.46. The first-order chi connectivity index (χ1) is 23.1. The van der Waals surface area contributed by atoms with Crippen LogP contribution in [0.5, 0.6) is 0 Å². The van der Waals surface area contributed by atoms with E-state index in [1.54, 1.807) is 27.7 Å². The van der Waals surface area contributed by atoms with Crippen molar-refractivity contribution in [3.05, 3.63) is 0 Å². The number of alkyl halides is 4. The third-order valence-corrected chi connectivity index (χ3v) is 8.17. The Bertz CT molecular complexity index is 1030. The number of rotatable bonds is 25. The quantitative estimate of drug-likeness (QED) is 0.0604. The number of esters is 2. The molecule has 0 radical (unpaired) electrons. The van der Waals surface area contributed by atoms with Gasteiger partial charge >= 0.3 is 11.9 Å². The van der Waals surface area contributed by atoms with Gasteiger partial charge in [-0.3, -0.25) is 28.8 Å². The Balaban J connectivity index is 4.19. The second-order valence-corrected chi connectivity index (χ2v) is 15.5. The molecule has 4 unspecified atom stereocenters. The maximum absolute atomic E-state index is 14.2. The summed E-state index contributed by atoms with van der Waals surface area (Å²) < 4.78 is 49.3. The highest BCUT2D eigenvalue weighted by Crippen LogP contribution is 2.28. The van der Waals surface area contributed by atoms with E-state index in [-0.39, 0.29) is 89.5 Å². The number of hydrogen-bond donors (Lipinski definition) is 4. The molecule has 4 amide bonds. The summed E-state index contributed by atoms with van der Waals surface area (Å²) in [7, 11) is 0. The van der Waals surface area contributed by atoms with Crippen LogP contribution in [0.1, 0.15) is 68.2 Å². The number of carbonyl (C=O) groups excluding carboxylic acids is 6. The molecule has 0 aromatic heterocycles. The van der Waals surface area contributed by atoms with Gasteiger partial charge in [0.25, 0.3) is 11.8 Å². The van der Waals surface area contributed by atoms with Crippen LogP contribution in [0.25, 0.3) is 0 Å². The molecule has 0 aromatic carbocycles. The number of nitrogens with one attached hydrogen (secondary N) is 4. The van der Waals surface area contributed by atoms with E-state index in [9.17, 15) is 37.5 Å². The Labute approximate surface area is 310 Å². The van der Waals surface area contributed by atoms with Crippen LogP contribution in [-0.2, 0) is 47.7 Å². The van der Waals surface area contributed by atoms with Gasteiger partial charge < -0.3 is 40.2 Å². The lowest BCUT2D eigenvalue weighted by molar-refractivity contribution is -0.156. The Morgan fingerprint density at radius 1 is 0.560 bits per heavy atom. The van der Waals surface area contributed by atoms with Crippen molar-refractivity contribution in [3.8, 4) is 0 Å². The molecule has 18 heteroatoms. The van der Waals surface area contributed by atoms with Crippen molar-refractivity contribution in [1.29, 1.82) is 0 Å². The van der Waals surface area contributed by atoms with Gasteiger partial charge in [0.1, 0.15) is 13.2 Å². The van der Waals surface area contributed by atoms with Crippen LogP contribution in [-0.4, -0.2) is 122 Å². The smallest absolute Gasteiger partial charge is 0.311 e. The normalized spacial score (nSPS) is 14.3. The van der Waals surface area contributed by atoms with Gasteiger partial charge in [-0.1, -0.05) is 31.9 Å². The molecular weight excluding hydrogens is 798 g/mol. The highest BCUT2D eigenvalue weighted by atomic mass is 79.9. The van der Waals surface area contributed by atoms with E-state index >= 15 is 0 Å². The van der Waals surface area contributed by atoms with Gasteiger partial charge in [-0.2, -0.15) is 0 Å². The maximum atomic E-state index is 14.2. The van der Waals surface area contributed by atoms with E-state index in [1.165, 1.54) is 0 Å². The number of ether oxygens (including phenoxy) is 4. The minimum Gasteiger partial charge on any atom is -0.463 e. The molecule has 0 aliphatic carbocycles. The van der Waals surface area contributed by atoms with Crippen LogP contribution < -0.4 is 21.3 Å². The van der Waals surface area contributed by atoms with Crippen molar-refractivity contribution in [1.82, 2.24) is 21.3 Å². The average Bonchev–Trinajstić information content (AvgIpc) is 3.01. The van der Waals surface area contributed by atoms with Crippen LogP contribution in [0.4, 0.5) is 8.78 Å². The molecule has 0 saturated carbocycles. The van der Waals surface area contributed by atoms with Gasteiger partial charge in [-0.15, -0.1) is 0 Å². The topological polar surface area (TPSA) is 187 Å². The van der Waals surface area contributed by atoms with Crippen molar-refractivity contribution in [3.63, 3.8) is 0 Å². The minimum atomic E-state index is -2.77. The number of hydrogen-bond acceptors (Lipinski definition) is 10. The predicted molar refractivity (Wildman–Crippen MR) is 188 cm³/mol. The summed E-state index contributed by atoms with van der Waals surface area (Å²) >= 11 is 6.58. The van der Waals surface area contributed by atoms with Crippen LogP contribution in [0.15, 0.2) is 0 Å². The molecule has 0 fully saturated rings. The molecule has 0 spiro atoms. The molecule has 0 aromatic rings. The van der Waals surface area contributed by atoms with Gasteiger partial charge in [0.2, 0.25) is 24.2 Å². The van der Waals surface area contributed by atoms with Gasteiger partial charge in [-0.25, -0.2) is 8.78 Å². The molecular formula is C32H54Br2F2N4O10. The first kappa shape index (κ1) is 47.6. The third-order valence-electron chi connectivity index (χ3n) is 6.69. The standard InChI is InChI=1S/C32H54Br2F2N4O10/c1-19(2)39-25(41)21(33)17-31(5,6)29(45)49-15-13-47-11-9-37-27(43)23(35)24(36)28(44)38-10-12-48-14-16-50-30(46)32(7,8)18-22(34)26(42)40-20(3)4/h19-24H,9-18H2,1-8H3,(H,37,43)(H,38,44)(H,39,41)(H,40,42). The zero-order valence-corrected chi connectivity index (χ0v) is 33.3. The van der Waals surface area contributed by atoms with Gasteiger partial charge in [0.05, 0.1) is 46.9 Å². The SMILES string of the molecule is CC(C)NC(=O)C(Br)CC(C)(C)C(=O)OCCOCCNC(=O)C(F)C(F)C(=O)NCCOCCOC(=O)C(C)(C)CC(Br)C(=O)NC(C)C. The first-order valence-corrected chi connectivity index (χ1v) is 18.2. The van der Waals surface area contributed by atoms with Crippen molar-refractivity contribution in [2.45, 2.75) is 102 Å². The fraction of sp³-hybridized carbons (Fsp3) is 0.812. The van der Waals surface area contributed by atoms with E-state index in [0.29, 0.717) is 0 Å². The fourth-order valence-electron chi connectivity index (χ4n) is 3.93. The molecule has 14 nitrogen and oxygen atoms in total. The zero-order chi connectivity index (χ0) is 38.7. The summed E-state index contributed by atoms with van der Waals surface area (Å²) in [6.45, 7) is 13.0. The van der Waals surface area contributed by atoms with E-state index in [0.717, 1.165) is 0 Å². The third kappa shape index (κ3) is 19.8. The van der Waals surface area contributed by atoms with Crippen LogP contribution in [0.2, 0.25) is 0 Å². The number of amides is 4. The Kier molecular flexibility index (Phi) is 22.8. The second-order valence-electron chi connectivity index (χ2n) is 13.3. The average molecular weight is 853 g/mol. The van der Waals surface area contributed by atoms with E-state index < -0.39 is 56.6 Å². The molecule has 0 heterocycles. The monoisotopic (exact) mass is 850 g/mol. The molecule has 0 aliphatic rings. The largest absolute Gasteiger partial charge is 0.463 e. The van der Waals surface area contributed by atoms with Gasteiger partial charge in [0, 0.05) is 25.2 Å². The summed E-state index contributed by atoms with van der Waals surface area (Å²) in [5, 5.41) is 9.76. The fourth-order valence-corrected chi connectivity index (χ4v) is 5.82. The molecule has 50 heavy (non-hydrogen) atoms. The first-order valence-electron chi connectivity index (χ1n) is 16.3. The molecule has 290 valence electrons. The predicted octanol–water partition coefficient (Wildman–Crippen LogP) is 2.42. The highest BCUT2D eigenvalue weighted by molar-refractivity contribution is 9.10. The van der Waals surface area contributed by atoms with Crippen molar-refractivity contribution >= 4 is 67.4 Å².